The van der Waals surface area contributed by atoms with Crippen molar-refractivity contribution in [3.63, 3.8) is 0 Å². The maximum absolute atomic E-state index is 13.8. The van der Waals surface area contributed by atoms with Gasteiger partial charge < -0.3 is 20.3 Å². The van der Waals surface area contributed by atoms with Gasteiger partial charge in [0.25, 0.3) is 0 Å². The molecule has 0 unspecified atom stereocenters. The van der Waals surface area contributed by atoms with Crippen molar-refractivity contribution in [2.45, 2.75) is 34.1 Å². The van der Waals surface area contributed by atoms with Crippen LogP contribution < -0.4 is 20.3 Å². The molecule has 2 aromatic rings. The number of carbonyl (C=O) groups is 2. The van der Waals surface area contributed by atoms with Crippen LogP contribution in [0.25, 0.3) is 0 Å². The highest BCUT2D eigenvalue weighted by molar-refractivity contribution is 6.02. The van der Waals surface area contributed by atoms with Crippen LogP contribution in [0.1, 0.15) is 34.1 Å². The van der Waals surface area contributed by atoms with Crippen molar-refractivity contribution in [3.05, 3.63) is 48.0 Å². The Labute approximate surface area is 180 Å². The number of hydrogen-bond acceptors (Lipinski definition) is 3. The first kappa shape index (κ1) is 22.5. The number of para-hydroxylation sites is 1. The molecule has 8 heteroatoms. The smallest absolute Gasteiger partial charge is 0.323 e. The van der Waals surface area contributed by atoms with Gasteiger partial charge in [-0.15, -0.1) is 0 Å². The van der Waals surface area contributed by atoms with Crippen molar-refractivity contribution in [1.82, 2.24) is 0 Å². The number of urea groups is 1. The lowest BCUT2D eigenvalue weighted by atomic mass is 9.92. The largest absolute Gasteiger partial charge is 0.490 e. The van der Waals surface area contributed by atoms with E-state index in [-0.39, 0.29) is 12.5 Å². The molecule has 1 aliphatic heterocycles. The monoisotopic (exact) mass is 431 g/mol. The summed E-state index contributed by atoms with van der Waals surface area (Å²) >= 11 is 0. The number of hydrogen-bond donors (Lipinski definition) is 2. The maximum atomic E-state index is 13.8. The van der Waals surface area contributed by atoms with Crippen molar-refractivity contribution in [2.75, 3.05) is 28.7 Å². The molecule has 0 saturated heterocycles. The molecule has 0 aliphatic carbocycles. The number of ether oxygens (including phenoxy) is 1. The number of nitrogens with one attached hydrogen (secondary N) is 2. The Balaban J connectivity index is 1.86. The molecular weight excluding hydrogens is 404 g/mol. The summed E-state index contributed by atoms with van der Waals surface area (Å²) in [5, 5.41) is 4.74. The normalized spacial score (nSPS) is 15.2. The molecule has 3 rings (SSSR count). The van der Waals surface area contributed by atoms with Gasteiger partial charge in [-0.25, -0.2) is 13.6 Å². The first-order chi connectivity index (χ1) is 14.6. The van der Waals surface area contributed by atoms with E-state index in [0.717, 1.165) is 18.6 Å². The van der Waals surface area contributed by atoms with Crippen LogP contribution in [0.5, 0.6) is 5.75 Å². The van der Waals surface area contributed by atoms with Gasteiger partial charge in [0.15, 0.2) is 0 Å². The highest BCUT2D eigenvalue weighted by Gasteiger charge is 2.37. The van der Waals surface area contributed by atoms with E-state index in [1.54, 1.807) is 23.1 Å². The van der Waals surface area contributed by atoms with E-state index in [9.17, 15) is 18.4 Å². The van der Waals surface area contributed by atoms with Gasteiger partial charge in [0, 0.05) is 12.2 Å². The molecule has 0 aromatic heterocycles. The third-order valence-corrected chi connectivity index (χ3v) is 5.05. The van der Waals surface area contributed by atoms with E-state index < -0.39 is 28.8 Å². The molecule has 0 bridgehead atoms. The molecule has 0 spiro atoms. The van der Waals surface area contributed by atoms with Gasteiger partial charge in [-0.3, -0.25) is 4.79 Å². The molecule has 0 fully saturated rings. The summed E-state index contributed by atoms with van der Waals surface area (Å²) in [7, 11) is 0. The van der Waals surface area contributed by atoms with Crippen LogP contribution in [0.3, 0.4) is 0 Å². The van der Waals surface area contributed by atoms with Crippen molar-refractivity contribution < 1.29 is 23.1 Å². The first-order valence-corrected chi connectivity index (χ1v) is 10.2. The summed E-state index contributed by atoms with van der Waals surface area (Å²) < 4.78 is 33.5. The standard InChI is InChI=1S/C23H27F2N3O3/c1-14(2)10-11-28-18-12-15(8-9-19(18)31-13-23(3,4)21(28)29)26-22(30)27-20-16(24)6-5-7-17(20)25/h5-9,12,14H,10-11,13H2,1-4H3,(H2,26,27,30). The van der Waals surface area contributed by atoms with E-state index >= 15 is 0 Å². The molecule has 0 radical (unpaired) electrons. The van der Waals surface area contributed by atoms with Gasteiger partial charge in [0.1, 0.15) is 29.7 Å². The fraction of sp³-hybridized carbons (Fsp3) is 0.391. The Kier molecular flexibility index (Phi) is 6.48. The fourth-order valence-electron chi connectivity index (χ4n) is 3.23. The summed E-state index contributed by atoms with van der Waals surface area (Å²) in [4.78, 5) is 27.2. The van der Waals surface area contributed by atoms with Crippen LogP contribution >= 0.6 is 0 Å². The number of anilines is 3. The Morgan fingerprint density at radius 1 is 1.16 bits per heavy atom. The van der Waals surface area contributed by atoms with Gasteiger partial charge in [0.2, 0.25) is 5.91 Å². The lowest BCUT2D eigenvalue weighted by molar-refractivity contribution is -0.127. The minimum Gasteiger partial charge on any atom is -0.490 e. The van der Waals surface area contributed by atoms with Crippen LogP contribution in [0.4, 0.5) is 30.6 Å². The molecule has 2 aromatic carbocycles. The molecule has 166 valence electrons. The summed E-state index contributed by atoms with van der Waals surface area (Å²) in [5.74, 6) is -0.890. The molecule has 1 heterocycles. The molecule has 2 N–H and O–H groups in total. The summed E-state index contributed by atoms with van der Waals surface area (Å²) in [5.41, 5.74) is -0.332. The second-order valence-corrected chi connectivity index (χ2v) is 8.67. The molecule has 0 saturated carbocycles. The van der Waals surface area contributed by atoms with E-state index in [1.165, 1.54) is 6.07 Å². The third-order valence-electron chi connectivity index (χ3n) is 5.05. The molecule has 6 nitrogen and oxygen atoms in total. The first-order valence-electron chi connectivity index (χ1n) is 10.2. The molecule has 1 aliphatic rings. The second-order valence-electron chi connectivity index (χ2n) is 8.67. The fourth-order valence-corrected chi connectivity index (χ4v) is 3.23. The van der Waals surface area contributed by atoms with E-state index in [2.05, 4.69) is 24.5 Å². The average Bonchev–Trinajstić information content (AvgIpc) is 2.78. The number of nitrogens with zero attached hydrogens (tertiary/aromatic N) is 1. The second kappa shape index (κ2) is 8.91. The van der Waals surface area contributed by atoms with Crippen molar-refractivity contribution in [1.29, 1.82) is 0 Å². The van der Waals surface area contributed by atoms with Gasteiger partial charge in [0.05, 0.1) is 11.1 Å². The molecule has 31 heavy (non-hydrogen) atoms. The number of fused-ring (bicyclic) bond motifs is 1. The minimum absolute atomic E-state index is 0.0677. The lowest BCUT2D eigenvalue weighted by Gasteiger charge is -2.28. The number of carbonyl (C=O) groups excluding carboxylic acids is 2. The Morgan fingerprint density at radius 2 is 1.84 bits per heavy atom. The zero-order valence-corrected chi connectivity index (χ0v) is 18.1. The van der Waals surface area contributed by atoms with Crippen LogP contribution in [0.15, 0.2) is 36.4 Å². The number of rotatable bonds is 5. The van der Waals surface area contributed by atoms with Crippen molar-refractivity contribution in [2.24, 2.45) is 11.3 Å². The Hall–Kier alpha value is -3.16. The predicted octanol–water partition coefficient (Wildman–Crippen LogP) is 5.41. The van der Waals surface area contributed by atoms with Gasteiger partial charge >= 0.3 is 6.03 Å². The van der Waals surface area contributed by atoms with Crippen LogP contribution in [0.2, 0.25) is 0 Å². The van der Waals surface area contributed by atoms with E-state index in [1.807, 2.05) is 13.8 Å². The third kappa shape index (κ3) is 5.13. The zero-order chi connectivity index (χ0) is 22.8. The number of amides is 3. The highest BCUT2D eigenvalue weighted by Crippen LogP contribution is 2.38. The van der Waals surface area contributed by atoms with Crippen LogP contribution in [-0.2, 0) is 4.79 Å². The summed E-state index contributed by atoms with van der Waals surface area (Å²) in [6.07, 6.45) is 0.798. The number of halogens is 2. The predicted molar refractivity (Wildman–Crippen MR) is 117 cm³/mol. The quantitative estimate of drug-likeness (QED) is 0.665. The topological polar surface area (TPSA) is 70.7 Å². The van der Waals surface area contributed by atoms with Crippen molar-refractivity contribution in [3.8, 4) is 5.75 Å². The van der Waals surface area contributed by atoms with Gasteiger partial charge in [-0.2, -0.15) is 0 Å². The van der Waals surface area contributed by atoms with E-state index in [0.29, 0.717) is 29.6 Å². The van der Waals surface area contributed by atoms with Gasteiger partial charge in [-0.1, -0.05) is 19.9 Å². The van der Waals surface area contributed by atoms with Crippen molar-refractivity contribution >= 4 is 29.0 Å². The Bertz CT molecular complexity index is 972. The van der Waals surface area contributed by atoms with Gasteiger partial charge in [-0.05, 0) is 56.5 Å². The zero-order valence-electron chi connectivity index (χ0n) is 18.1. The molecular formula is C23H27F2N3O3. The number of benzene rings is 2. The van der Waals surface area contributed by atoms with E-state index in [4.69, 9.17) is 4.74 Å². The SMILES string of the molecule is CC(C)CCN1C(=O)C(C)(C)COc2ccc(NC(=O)Nc3c(F)cccc3F)cc21. The lowest BCUT2D eigenvalue weighted by Crippen LogP contribution is -2.42. The molecule has 3 amide bonds. The van der Waals surface area contributed by atoms with Crippen LogP contribution in [-0.4, -0.2) is 25.1 Å². The molecule has 0 atom stereocenters. The Morgan fingerprint density at radius 3 is 2.48 bits per heavy atom. The minimum atomic E-state index is -0.877. The summed E-state index contributed by atoms with van der Waals surface area (Å²) in [6, 6.07) is 7.43. The maximum Gasteiger partial charge on any atom is 0.323 e. The average molecular weight is 431 g/mol. The summed E-state index contributed by atoms with van der Waals surface area (Å²) in [6.45, 7) is 8.56. The van der Waals surface area contributed by atoms with Crippen LogP contribution in [0, 0.1) is 23.0 Å². The highest BCUT2D eigenvalue weighted by atomic mass is 19.1.